The molecule has 1 saturated carbocycles. The summed E-state index contributed by atoms with van der Waals surface area (Å²) in [7, 11) is 0. The monoisotopic (exact) mass is 166 g/mol. The van der Waals surface area contributed by atoms with Crippen molar-refractivity contribution in [1.82, 2.24) is 0 Å². The van der Waals surface area contributed by atoms with Gasteiger partial charge in [0.15, 0.2) is 0 Å². The molecule has 0 aromatic heterocycles. The third-order valence-corrected chi connectivity index (χ3v) is 2.67. The van der Waals surface area contributed by atoms with Gasteiger partial charge in [0.25, 0.3) is 0 Å². The lowest BCUT2D eigenvalue weighted by atomic mass is 9.81. The average Bonchev–Trinajstić information content (AvgIpc) is 1.62. The van der Waals surface area contributed by atoms with Crippen LogP contribution in [0.4, 0.5) is 0 Å². The first-order valence-electron chi connectivity index (χ1n) is 2.92. The quantitative estimate of drug-likeness (QED) is 0.547. The fourth-order valence-electron chi connectivity index (χ4n) is 1.01. The molecule has 0 N–H and O–H groups in total. The fourth-order valence-corrected chi connectivity index (χ4v) is 1.75. The Bertz CT molecular complexity index is 142. The second-order valence-corrected chi connectivity index (χ2v) is 4.01. The highest BCUT2D eigenvalue weighted by molar-refractivity contribution is 6.50. The van der Waals surface area contributed by atoms with Gasteiger partial charge in [-0.05, 0) is 19.8 Å². The highest BCUT2D eigenvalue weighted by Crippen LogP contribution is 2.47. The SMILES string of the molecule is CC(=O)C1CCC1(Cl)Cl. The zero-order valence-corrected chi connectivity index (χ0v) is 6.67. The number of rotatable bonds is 1. The Morgan fingerprint density at radius 2 is 2.22 bits per heavy atom. The minimum atomic E-state index is -0.744. The molecular formula is C6H8Cl2O. The van der Waals surface area contributed by atoms with Crippen LogP contribution >= 0.6 is 23.2 Å². The van der Waals surface area contributed by atoms with Gasteiger partial charge in [-0.25, -0.2) is 0 Å². The van der Waals surface area contributed by atoms with E-state index in [2.05, 4.69) is 0 Å². The molecule has 0 saturated heterocycles. The lowest BCUT2D eigenvalue weighted by Gasteiger charge is -2.37. The van der Waals surface area contributed by atoms with E-state index in [9.17, 15) is 4.79 Å². The largest absolute Gasteiger partial charge is 0.300 e. The standard InChI is InChI=1S/C6H8Cl2O/c1-4(9)5-2-3-6(5,7)8/h5H,2-3H2,1H3. The Hall–Kier alpha value is 0.250. The number of carbonyl (C=O) groups is 1. The van der Waals surface area contributed by atoms with E-state index >= 15 is 0 Å². The van der Waals surface area contributed by atoms with Crippen molar-refractivity contribution in [3.8, 4) is 0 Å². The number of hydrogen-bond acceptors (Lipinski definition) is 1. The molecule has 1 rings (SSSR count). The highest BCUT2D eigenvalue weighted by atomic mass is 35.5. The molecule has 0 amide bonds. The molecule has 52 valence electrons. The van der Waals surface area contributed by atoms with Crippen LogP contribution in [0, 0.1) is 5.92 Å². The minimum absolute atomic E-state index is 0.103. The maximum absolute atomic E-state index is 10.7. The second kappa shape index (κ2) is 2.14. The van der Waals surface area contributed by atoms with E-state index in [1.54, 1.807) is 0 Å². The first kappa shape index (κ1) is 7.36. The predicted molar refractivity (Wildman–Crippen MR) is 37.8 cm³/mol. The summed E-state index contributed by atoms with van der Waals surface area (Å²) in [4.78, 5) is 10.7. The summed E-state index contributed by atoms with van der Waals surface area (Å²) in [5.41, 5.74) is 0. The highest BCUT2D eigenvalue weighted by Gasteiger charge is 2.46. The minimum Gasteiger partial charge on any atom is -0.300 e. The molecule has 1 atom stereocenters. The second-order valence-electron chi connectivity index (χ2n) is 2.46. The summed E-state index contributed by atoms with van der Waals surface area (Å²) >= 11 is 11.4. The van der Waals surface area contributed by atoms with Gasteiger partial charge in [-0.2, -0.15) is 0 Å². The van der Waals surface area contributed by atoms with Crippen LogP contribution in [0.5, 0.6) is 0 Å². The molecule has 1 unspecified atom stereocenters. The van der Waals surface area contributed by atoms with Crippen molar-refractivity contribution in [2.75, 3.05) is 0 Å². The molecule has 9 heavy (non-hydrogen) atoms. The van der Waals surface area contributed by atoms with Crippen molar-refractivity contribution in [2.45, 2.75) is 24.1 Å². The lowest BCUT2D eigenvalue weighted by Crippen LogP contribution is -2.40. The summed E-state index contributed by atoms with van der Waals surface area (Å²) in [5.74, 6) is -0.00733. The maximum Gasteiger partial charge on any atom is 0.135 e. The van der Waals surface area contributed by atoms with Crippen LogP contribution in [0.25, 0.3) is 0 Å². The van der Waals surface area contributed by atoms with Crippen molar-refractivity contribution in [3.63, 3.8) is 0 Å². The molecule has 0 aliphatic heterocycles. The number of alkyl halides is 2. The Balaban J connectivity index is 2.55. The van der Waals surface area contributed by atoms with Gasteiger partial charge in [-0.1, -0.05) is 0 Å². The number of Topliss-reactive ketones (excluding diaryl/α,β-unsaturated/α-hetero) is 1. The molecular weight excluding hydrogens is 159 g/mol. The predicted octanol–water partition coefficient (Wildman–Crippen LogP) is 2.16. The molecule has 1 aliphatic rings. The van der Waals surface area contributed by atoms with Gasteiger partial charge >= 0.3 is 0 Å². The van der Waals surface area contributed by atoms with E-state index in [1.807, 2.05) is 0 Å². The molecule has 1 fully saturated rings. The van der Waals surface area contributed by atoms with Gasteiger partial charge in [0.2, 0.25) is 0 Å². The summed E-state index contributed by atoms with van der Waals surface area (Å²) < 4.78 is -0.744. The van der Waals surface area contributed by atoms with Crippen LogP contribution < -0.4 is 0 Å². The van der Waals surface area contributed by atoms with E-state index in [-0.39, 0.29) is 11.7 Å². The fraction of sp³-hybridized carbons (Fsp3) is 0.833. The van der Waals surface area contributed by atoms with Crippen molar-refractivity contribution in [2.24, 2.45) is 5.92 Å². The van der Waals surface area contributed by atoms with E-state index in [0.717, 1.165) is 12.8 Å². The summed E-state index contributed by atoms with van der Waals surface area (Å²) in [6.07, 6.45) is 1.60. The van der Waals surface area contributed by atoms with Gasteiger partial charge in [-0.3, -0.25) is 4.79 Å². The van der Waals surface area contributed by atoms with Crippen LogP contribution in [0.1, 0.15) is 19.8 Å². The number of carbonyl (C=O) groups excluding carboxylic acids is 1. The van der Waals surface area contributed by atoms with Crippen molar-refractivity contribution in [1.29, 1.82) is 0 Å². The van der Waals surface area contributed by atoms with E-state index in [4.69, 9.17) is 23.2 Å². The third-order valence-electron chi connectivity index (χ3n) is 1.77. The Kier molecular flexibility index (Phi) is 1.75. The van der Waals surface area contributed by atoms with Crippen LogP contribution in [-0.2, 0) is 4.79 Å². The molecule has 0 heterocycles. The zero-order chi connectivity index (χ0) is 7.07. The normalized spacial score (nSPS) is 31.2. The lowest BCUT2D eigenvalue weighted by molar-refractivity contribution is -0.123. The van der Waals surface area contributed by atoms with Gasteiger partial charge in [0.05, 0.1) is 5.92 Å². The molecule has 3 heteroatoms. The first-order chi connectivity index (χ1) is 4.04. The Morgan fingerprint density at radius 1 is 1.67 bits per heavy atom. The Labute approximate surface area is 64.3 Å². The maximum atomic E-state index is 10.7. The zero-order valence-electron chi connectivity index (χ0n) is 5.16. The summed E-state index contributed by atoms with van der Waals surface area (Å²) in [5, 5.41) is 0. The average molecular weight is 167 g/mol. The van der Waals surface area contributed by atoms with Crippen molar-refractivity contribution < 1.29 is 4.79 Å². The molecule has 0 aromatic rings. The van der Waals surface area contributed by atoms with Crippen LogP contribution in [0.2, 0.25) is 0 Å². The number of halogens is 2. The summed E-state index contributed by atoms with van der Waals surface area (Å²) in [6, 6.07) is 0. The summed E-state index contributed by atoms with van der Waals surface area (Å²) in [6.45, 7) is 1.53. The molecule has 1 aliphatic carbocycles. The van der Waals surface area contributed by atoms with Gasteiger partial charge < -0.3 is 0 Å². The molecule has 1 nitrogen and oxygen atoms in total. The molecule has 0 aromatic carbocycles. The molecule has 0 bridgehead atoms. The molecule has 0 radical (unpaired) electrons. The first-order valence-corrected chi connectivity index (χ1v) is 3.68. The van der Waals surface area contributed by atoms with Crippen LogP contribution in [0.15, 0.2) is 0 Å². The Morgan fingerprint density at radius 3 is 2.22 bits per heavy atom. The van der Waals surface area contributed by atoms with Crippen molar-refractivity contribution in [3.05, 3.63) is 0 Å². The molecule has 0 spiro atoms. The van der Waals surface area contributed by atoms with E-state index < -0.39 is 4.33 Å². The van der Waals surface area contributed by atoms with E-state index in [0.29, 0.717) is 0 Å². The van der Waals surface area contributed by atoms with Crippen LogP contribution in [0.3, 0.4) is 0 Å². The smallest absolute Gasteiger partial charge is 0.135 e. The number of ketones is 1. The van der Waals surface area contributed by atoms with Gasteiger partial charge in [0, 0.05) is 0 Å². The van der Waals surface area contributed by atoms with Gasteiger partial charge in [-0.15, -0.1) is 23.2 Å². The number of hydrogen-bond donors (Lipinski definition) is 0. The topological polar surface area (TPSA) is 17.1 Å². The van der Waals surface area contributed by atoms with Crippen molar-refractivity contribution >= 4 is 29.0 Å². The van der Waals surface area contributed by atoms with Crippen LogP contribution in [-0.4, -0.2) is 10.1 Å². The van der Waals surface area contributed by atoms with Gasteiger partial charge in [0.1, 0.15) is 10.1 Å². The van der Waals surface area contributed by atoms with E-state index in [1.165, 1.54) is 6.92 Å². The third kappa shape index (κ3) is 1.22.